The van der Waals surface area contributed by atoms with Gasteiger partial charge in [0.15, 0.2) is 0 Å². The van der Waals surface area contributed by atoms with Crippen LogP contribution >= 0.6 is 0 Å². The quantitative estimate of drug-likeness (QED) is 0.789. The van der Waals surface area contributed by atoms with Gasteiger partial charge in [-0.15, -0.1) is 0 Å². The largest absolute Gasteiger partial charge is 0.497 e. The van der Waals surface area contributed by atoms with E-state index in [-0.39, 0.29) is 6.61 Å². The minimum absolute atomic E-state index is 0.250. The standard InChI is InChI=1S/C19H32N2O3/c1-15(2)12-21-7-6-20(14-17(21)5-8-22)13-16-9-18(23-3)11-19(10-16)24-4/h9-11,15,17,22H,5-8,12-14H2,1-4H3/t17-/m0/s1. The summed E-state index contributed by atoms with van der Waals surface area (Å²) in [5, 5.41) is 9.40. The molecule has 1 aliphatic rings. The van der Waals surface area contributed by atoms with E-state index in [1.54, 1.807) is 14.2 Å². The van der Waals surface area contributed by atoms with Gasteiger partial charge in [0.1, 0.15) is 11.5 Å². The zero-order valence-electron chi connectivity index (χ0n) is 15.5. The van der Waals surface area contributed by atoms with Crippen molar-refractivity contribution in [1.82, 2.24) is 9.80 Å². The zero-order valence-corrected chi connectivity index (χ0v) is 15.5. The molecule has 1 atom stereocenters. The van der Waals surface area contributed by atoms with Gasteiger partial charge < -0.3 is 14.6 Å². The van der Waals surface area contributed by atoms with Crippen molar-refractivity contribution in [3.05, 3.63) is 23.8 Å². The Balaban J connectivity index is 2.03. The summed E-state index contributed by atoms with van der Waals surface area (Å²) < 4.78 is 10.7. The third kappa shape index (κ3) is 5.36. The molecule has 1 aromatic carbocycles. The number of aliphatic hydroxyl groups is 1. The maximum atomic E-state index is 9.40. The van der Waals surface area contributed by atoms with Crippen molar-refractivity contribution in [1.29, 1.82) is 0 Å². The summed E-state index contributed by atoms with van der Waals surface area (Å²) >= 11 is 0. The maximum absolute atomic E-state index is 9.40. The molecule has 5 heteroatoms. The van der Waals surface area contributed by atoms with Crippen molar-refractivity contribution >= 4 is 0 Å². The second kappa shape index (κ2) is 9.25. The van der Waals surface area contributed by atoms with E-state index in [0.29, 0.717) is 12.0 Å². The van der Waals surface area contributed by atoms with Crippen molar-refractivity contribution in [3.63, 3.8) is 0 Å². The smallest absolute Gasteiger partial charge is 0.122 e. The molecule has 0 unspecified atom stereocenters. The highest BCUT2D eigenvalue weighted by molar-refractivity contribution is 5.38. The first-order valence-corrected chi connectivity index (χ1v) is 8.85. The summed E-state index contributed by atoms with van der Waals surface area (Å²) in [4.78, 5) is 4.99. The van der Waals surface area contributed by atoms with Gasteiger partial charge in [-0.2, -0.15) is 0 Å². The van der Waals surface area contributed by atoms with Gasteiger partial charge in [0.05, 0.1) is 14.2 Å². The van der Waals surface area contributed by atoms with Crippen LogP contribution in [-0.4, -0.2) is 68.0 Å². The van der Waals surface area contributed by atoms with E-state index in [2.05, 4.69) is 35.8 Å². The molecule has 0 radical (unpaired) electrons. The number of methoxy groups -OCH3 is 2. The van der Waals surface area contributed by atoms with Gasteiger partial charge in [-0.3, -0.25) is 9.80 Å². The lowest BCUT2D eigenvalue weighted by Gasteiger charge is -2.42. The molecule has 0 bridgehead atoms. The molecule has 0 saturated carbocycles. The lowest BCUT2D eigenvalue weighted by Crippen LogP contribution is -2.53. The van der Waals surface area contributed by atoms with Crippen molar-refractivity contribution in [2.75, 3.05) is 47.0 Å². The lowest BCUT2D eigenvalue weighted by atomic mass is 10.1. The van der Waals surface area contributed by atoms with E-state index in [1.165, 1.54) is 5.56 Å². The van der Waals surface area contributed by atoms with E-state index in [9.17, 15) is 5.11 Å². The average Bonchev–Trinajstić information content (AvgIpc) is 2.56. The molecular formula is C19H32N2O3. The number of hydrogen-bond donors (Lipinski definition) is 1. The number of nitrogens with zero attached hydrogens (tertiary/aromatic N) is 2. The van der Waals surface area contributed by atoms with Crippen LogP contribution < -0.4 is 9.47 Å². The molecule has 5 nitrogen and oxygen atoms in total. The average molecular weight is 336 g/mol. The van der Waals surface area contributed by atoms with Crippen molar-refractivity contribution < 1.29 is 14.6 Å². The molecule has 0 aromatic heterocycles. The molecule has 1 N–H and O–H groups in total. The second-order valence-corrected chi connectivity index (χ2v) is 7.01. The Bertz CT molecular complexity index is 485. The molecule has 0 spiro atoms. The summed E-state index contributed by atoms with van der Waals surface area (Å²) in [6.45, 7) is 9.84. The molecule has 0 amide bonds. The summed E-state index contributed by atoms with van der Waals surface area (Å²) in [6, 6.07) is 6.48. The minimum atomic E-state index is 0.250. The van der Waals surface area contributed by atoms with Gasteiger partial charge in [-0.25, -0.2) is 0 Å². The molecule has 1 aliphatic heterocycles. The third-order valence-corrected chi connectivity index (χ3v) is 4.57. The summed E-state index contributed by atoms with van der Waals surface area (Å²) in [7, 11) is 3.36. The van der Waals surface area contributed by atoms with E-state index in [1.807, 2.05) is 6.07 Å². The summed E-state index contributed by atoms with van der Waals surface area (Å²) in [5.74, 6) is 2.31. The number of piperazine rings is 1. The van der Waals surface area contributed by atoms with E-state index >= 15 is 0 Å². The zero-order chi connectivity index (χ0) is 17.5. The fraction of sp³-hybridized carbons (Fsp3) is 0.684. The molecule has 24 heavy (non-hydrogen) atoms. The van der Waals surface area contributed by atoms with Gasteiger partial charge in [-0.05, 0) is 30.0 Å². The second-order valence-electron chi connectivity index (χ2n) is 7.01. The molecule has 1 fully saturated rings. The maximum Gasteiger partial charge on any atom is 0.122 e. The van der Waals surface area contributed by atoms with Crippen LogP contribution in [0, 0.1) is 5.92 Å². The molecule has 1 heterocycles. The van der Waals surface area contributed by atoms with Gasteiger partial charge in [0, 0.05) is 51.4 Å². The summed E-state index contributed by atoms with van der Waals surface area (Å²) in [6.07, 6.45) is 0.838. The van der Waals surface area contributed by atoms with Crippen LogP contribution in [0.2, 0.25) is 0 Å². The molecule has 1 aromatic rings. The molecule has 136 valence electrons. The van der Waals surface area contributed by atoms with E-state index in [0.717, 1.165) is 50.6 Å². The number of rotatable bonds is 8. The highest BCUT2D eigenvalue weighted by Crippen LogP contribution is 2.24. The Morgan fingerprint density at radius 1 is 1.12 bits per heavy atom. The SMILES string of the molecule is COc1cc(CN2CCN(CC(C)C)[C@@H](CCO)C2)cc(OC)c1. The molecular weight excluding hydrogens is 304 g/mol. The normalized spacial score (nSPS) is 19.7. The highest BCUT2D eigenvalue weighted by atomic mass is 16.5. The van der Waals surface area contributed by atoms with Gasteiger partial charge in [-0.1, -0.05) is 13.8 Å². The van der Waals surface area contributed by atoms with Gasteiger partial charge in [0.2, 0.25) is 0 Å². The number of ether oxygens (including phenoxy) is 2. The fourth-order valence-corrected chi connectivity index (χ4v) is 3.45. The number of hydrogen-bond acceptors (Lipinski definition) is 5. The van der Waals surface area contributed by atoms with Crippen LogP contribution in [0.4, 0.5) is 0 Å². The Morgan fingerprint density at radius 2 is 1.79 bits per heavy atom. The van der Waals surface area contributed by atoms with E-state index in [4.69, 9.17) is 9.47 Å². The van der Waals surface area contributed by atoms with Crippen LogP contribution in [0.3, 0.4) is 0 Å². The van der Waals surface area contributed by atoms with E-state index < -0.39 is 0 Å². The predicted octanol–water partition coefficient (Wildman–Crippen LogP) is 2.23. The first-order valence-electron chi connectivity index (χ1n) is 8.85. The number of benzene rings is 1. The first-order chi connectivity index (χ1) is 11.5. The van der Waals surface area contributed by atoms with Crippen molar-refractivity contribution in [2.24, 2.45) is 5.92 Å². The Kier molecular flexibility index (Phi) is 7.34. The molecule has 2 rings (SSSR count). The molecule has 0 aliphatic carbocycles. The number of aliphatic hydroxyl groups excluding tert-OH is 1. The monoisotopic (exact) mass is 336 g/mol. The van der Waals surface area contributed by atoms with Crippen molar-refractivity contribution in [2.45, 2.75) is 32.9 Å². The topological polar surface area (TPSA) is 45.2 Å². The molecule has 1 saturated heterocycles. The van der Waals surface area contributed by atoms with Crippen LogP contribution in [-0.2, 0) is 6.54 Å². The van der Waals surface area contributed by atoms with Crippen LogP contribution in [0.1, 0.15) is 25.8 Å². The first kappa shape index (κ1) is 19.0. The van der Waals surface area contributed by atoms with Gasteiger partial charge in [0.25, 0.3) is 0 Å². The summed E-state index contributed by atoms with van der Waals surface area (Å²) in [5.41, 5.74) is 1.20. The highest BCUT2D eigenvalue weighted by Gasteiger charge is 2.27. The Morgan fingerprint density at radius 3 is 2.33 bits per heavy atom. The van der Waals surface area contributed by atoms with Crippen LogP contribution in [0.15, 0.2) is 18.2 Å². The van der Waals surface area contributed by atoms with Crippen molar-refractivity contribution in [3.8, 4) is 11.5 Å². The van der Waals surface area contributed by atoms with Crippen LogP contribution in [0.5, 0.6) is 11.5 Å². The van der Waals surface area contributed by atoms with Crippen LogP contribution in [0.25, 0.3) is 0 Å². The lowest BCUT2D eigenvalue weighted by molar-refractivity contribution is 0.0476. The van der Waals surface area contributed by atoms with Gasteiger partial charge >= 0.3 is 0 Å². The minimum Gasteiger partial charge on any atom is -0.497 e. The Hall–Kier alpha value is -1.30. The third-order valence-electron chi connectivity index (χ3n) is 4.57. The predicted molar refractivity (Wildman–Crippen MR) is 96.7 cm³/mol. The Labute approximate surface area is 146 Å². The fourth-order valence-electron chi connectivity index (χ4n) is 3.45.